The predicted octanol–water partition coefficient (Wildman–Crippen LogP) is 3.95. The molecule has 2 aromatic carbocycles. The van der Waals surface area contributed by atoms with Gasteiger partial charge in [0.05, 0.1) is 0 Å². The van der Waals surface area contributed by atoms with Crippen LogP contribution in [0.2, 0.25) is 5.02 Å². The number of aryl methyl sites for hydroxylation is 1. The first-order chi connectivity index (χ1) is 8.99. The van der Waals surface area contributed by atoms with Crippen LogP contribution in [0, 0.1) is 6.92 Å². The summed E-state index contributed by atoms with van der Waals surface area (Å²) in [5, 5.41) is 0.577. The molecule has 0 saturated carbocycles. The van der Waals surface area contributed by atoms with Gasteiger partial charge in [0.2, 0.25) is 0 Å². The van der Waals surface area contributed by atoms with Crippen LogP contribution >= 0.6 is 11.6 Å². The lowest BCUT2D eigenvalue weighted by Crippen LogP contribution is -2.10. The first kappa shape index (κ1) is 13.6. The summed E-state index contributed by atoms with van der Waals surface area (Å²) in [5.41, 5.74) is 3.39. The molecule has 0 aliphatic carbocycles. The maximum atomic E-state index is 12.4. The number of hydrogen-bond acceptors (Lipinski definition) is 2. The van der Waals surface area contributed by atoms with E-state index in [0.29, 0.717) is 16.1 Å². The van der Waals surface area contributed by atoms with E-state index in [-0.39, 0.29) is 5.78 Å². The minimum atomic E-state index is 0.00491. The van der Waals surface area contributed by atoms with E-state index in [1.165, 1.54) is 0 Å². The van der Waals surface area contributed by atoms with Gasteiger partial charge in [0, 0.05) is 35.9 Å². The molecule has 0 spiro atoms. The fourth-order valence-corrected chi connectivity index (χ4v) is 2.16. The molecule has 0 aliphatic heterocycles. The summed E-state index contributed by atoms with van der Waals surface area (Å²) in [5.74, 6) is 0.00491. The van der Waals surface area contributed by atoms with Crippen LogP contribution in [-0.4, -0.2) is 19.9 Å². The van der Waals surface area contributed by atoms with Crippen molar-refractivity contribution in [1.29, 1.82) is 0 Å². The summed E-state index contributed by atoms with van der Waals surface area (Å²) < 4.78 is 0. The van der Waals surface area contributed by atoms with Gasteiger partial charge in [-0.05, 0) is 42.8 Å². The highest BCUT2D eigenvalue weighted by molar-refractivity contribution is 6.31. The molecule has 0 N–H and O–H groups in total. The Morgan fingerprint density at radius 2 is 1.84 bits per heavy atom. The van der Waals surface area contributed by atoms with Crippen LogP contribution in [0.3, 0.4) is 0 Å². The van der Waals surface area contributed by atoms with E-state index < -0.39 is 0 Å². The molecule has 3 heteroatoms. The fourth-order valence-electron chi connectivity index (χ4n) is 1.97. The maximum Gasteiger partial charge on any atom is 0.193 e. The number of hydrogen-bond donors (Lipinski definition) is 0. The molecule has 0 unspecified atom stereocenters. The SMILES string of the molecule is Cc1cc(N(C)C)ccc1C(=O)c1cccc(Cl)c1. The molecule has 19 heavy (non-hydrogen) atoms. The predicted molar refractivity (Wildman–Crippen MR) is 80.4 cm³/mol. The van der Waals surface area contributed by atoms with Crippen molar-refractivity contribution >= 4 is 23.1 Å². The van der Waals surface area contributed by atoms with E-state index in [2.05, 4.69) is 0 Å². The van der Waals surface area contributed by atoms with Crippen LogP contribution in [0.15, 0.2) is 42.5 Å². The van der Waals surface area contributed by atoms with Crippen LogP contribution in [-0.2, 0) is 0 Å². The average molecular weight is 274 g/mol. The molecule has 2 aromatic rings. The highest BCUT2D eigenvalue weighted by Gasteiger charge is 2.12. The number of anilines is 1. The Morgan fingerprint density at radius 1 is 1.11 bits per heavy atom. The summed E-state index contributed by atoms with van der Waals surface area (Å²) >= 11 is 5.92. The number of carbonyl (C=O) groups is 1. The molecule has 0 atom stereocenters. The molecule has 2 nitrogen and oxygen atoms in total. The molecule has 0 aromatic heterocycles. The van der Waals surface area contributed by atoms with Crippen LogP contribution < -0.4 is 4.90 Å². The molecule has 0 aliphatic rings. The van der Waals surface area contributed by atoms with Gasteiger partial charge in [0.25, 0.3) is 0 Å². The second kappa shape index (κ2) is 5.45. The monoisotopic (exact) mass is 273 g/mol. The van der Waals surface area contributed by atoms with Crippen molar-refractivity contribution in [2.45, 2.75) is 6.92 Å². The first-order valence-electron chi connectivity index (χ1n) is 6.07. The third kappa shape index (κ3) is 2.96. The minimum absolute atomic E-state index is 0.00491. The van der Waals surface area contributed by atoms with Gasteiger partial charge < -0.3 is 4.90 Å². The van der Waals surface area contributed by atoms with E-state index in [1.807, 2.05) is 44.1 Å². The Kier molecular flexibility index (Phi) is 3.91. The summed E-state index contributed by atoms with van der Waals surface area (Å²) in [4.78, 5) is 14.4. The summed E-state index contributed by atoms with van der Waals surface area (Å²) in [6.07, 6.45) is 0. The van der Waals surface area contributed by atoms with Gasteiger partial charge in [0.1, 0.15) is 0 Å². The summed E-state index contributed by atoms with van der Waals surface area (Å²) in [6, 6.07) is 12.9. The summed E-state index contributed by atoms with van der Waals surface area (Å²) in [6.45, 7) is 1.95. The number of halogens is 1. The standard InChI is InChI=1S/C16H16ClNO/c1-11-9-14(18(2)3)7-8-15(11)16(19)12-5-4-6-13(17)10-12/h4-10H,1-3H3. The van der Waals surface area contributed by atoms with Crippen molar-refractivity contribution in [1.82, 2.24) is 0 Å². The van der Waals surface area contributed by atoms with Gasteiger partial charge in [-0.3, -0.25) is 4.79 Å². The Balaban J connectivity index is 2.39. The van der Waals surface area contributed by atoms with Gasteiger partial charge in [0.15, 0.2) is 5.78 Å². The molecule has 98 valence electrons. The molecule has 0 fully saturated rings. The molecular weight excluding hydrogens is 258 g/mol. The van der Waals surface area contributed by atoms with Crippen molar-refractivity contribution in [2.75, 3.05) is 19.0 Å². The third-order valence-electron chi connectivity index (χ3n) is 3.06. The minimum Gasteiger partial charge on any atom is -0.378 e. The number of carbonyl (C=O) groups excluding carboxylic acids is 1. The molecule has 0 saturated heterocycles. The van der Waals surface area contributed by atoms with E-state index in [9.17, 15) is 4.79 Å². The van der Waals surface area contributed by atoms with E-state index in [0.717, 1.165) is 11.3 Å². The second-order valence-corrected chi connectivity index (χ2v) is 5.17. The molecule has 0 amide bonds. The molecule has 0 bridgehead atoms. The Labute approximate surface area is 118 Å². The average Bonchev–Trinajstić information content (AvgIpc) is 2.37. The van der Waals surface area contributed by atoms with Crippen molar-refractivity contribution in [2.24, 2.45) is 0 Å². The molecular formula is C16H16ClNO. The zero-order chi connectivity index (χ0) is 14.0. The zero-order valence-electron chi connectivity index (χ0n) is 11.3. The van der Waals surface area contributed by atoms with Gasteiger partial charge in [-0.15, -0.1) is 0 Å². The molecule has 0 heterocycles. The topological polar surface area (TPSA) is 20.3 Å². The largest absolute Gasteiger partial charge is 0.378 e. The first-order valence-corrected chi connectivity index (χ1v) is 6.45. The van der Waals surface area contributed by atoms with Crippen molar-refractivity contribution < 1.29 is 4.79 Å². The quantitative estimate of drug-likeness (QED) is 0.790. The third-order valence-corrected chi connectivity index (χ3v) is 3.29. The van der Waals surface area contributed by atoms with Crippen molar-refractivity contribution in [3.63, 3.8) is 0 Å². The summed E-state index contributed by atoms with van der Waals surface area (Å²) in [7, 11) is 3.96. The number of rotatable bonds is 3. The van der Waals surface area contributed by atoms with Crippen molar-refractivity contribution in [3.8, 4) is 0 Å². The highest BCUT2D eigenvalue weighted by Crippen LogP contribution is 2.21. The maximum absolute atomic E-state index is 12.4. The smallest absolute Gasteiger partial charge is 0.193 e. The zero-order valence-corrected chi connectivity index (χ0v) is 12.0. The number of benzene rings is 2. The van der Waals surface area contributed by atoms with Gasteiger partial charge >= 0.3 is 0 Å². The highest BCUT2D eigenvalue weighted by atomic mass is 35.5. The lowest BCUT2D eigenvalue weighted by molar-refractivity contribution is 0.103. The number of nitrogens with zero attached hydrogens (tertiary/aromatic N) is 1. The Morgan fingerprint density at radius 3 is 2.42 bits per heavy atom. The Hall–Kier alpha value is -1.80. The second-order valence-electron chi connectivity index (χ2n) is 4.73. The van der Waals surface area contributed by atoms with Crippen molar-refractivity contribution in [3.05, 3.63) is 64.2 Å². The lowest BCUT2D eigenvalue weighted by Gasteiger charge is -2.14. The van der Waals surface area contributed by atoms with E-state index in [1.54, 1.807) is 24.3 Å². The molecule has 2 rings (SSSR count). The normalized spacial score (nSPS) is 10.3. The van der Waals surface area contributed by atoms with Crippen LogP contribution in [0.1, 0.15) is 21.5 Å². The number of ketones is 1. The van der Waals surface area contributed by atoms with E-state index >= 15 is 0 Å². The van der Waals surface area contributed by atoms with Gasteiger partial charge in [-0.1, -0.05) is 23.7 Å². The molecule has 0 radical (unpaired) electrons. The van der Waals surface area contributed by atoms with Gasteiger partial charge in [-0.2, -0.15) is 0 Å². The Bertz CT molecular complexity index is 620. The lowest BCUT2D eigenvalue weighted by atomic mass is 9.98. The van der Waals surface area contributed by atoms with Gasteiger partial charge in [-0.25, -0.2) is 0 Å². The van der Waals surface area contributed by atoms with Crippen LogP contribution in [0.4, 0.5) is 5.69 Å². The van der Waals surface area contributed by atoms with E-state index in [4.69, 9.17) is 11.6 Å². The van der Waals surface area contributed by atoms with Crippen LogP contribution in [0.5, 0.6) is 0 Å². The van der Waals surface area contributed by atoms with Crippen LogP contribution in [0.25, 0.3) is 0 Å². The fraction of sp³-hybridized carbons (Fsp3) is 0.188.